The van der Waals surface area contributed by atoms with Crippen LogP contribution in [-0.4, -0.2) is 25.5 Å². The van der Waals surface area contributed by atoms with Gasteiger partial charge in [0.1, 0.15) is 0 Å². The van der Waals surface area contributed by atoms with Crippen molar-refractivity contribution in [3.63, 3.8) is 0 Å². The number of sulfonamides is 1. The van der Waals surface area contributed by atoms with Crippen molar-refractivity contribution in [2.75, 3.05) is 0 Å². The second-order valence-corrected chi connectivity index (χ2v) is 8.14. The van der Waals surface area contributed by atoms with Crippen LogP contribution in [0.2, 0.25) is 0 Å². The van der Waals surface area contributed by atoms with Crippen LogP contribution in [0.1, 0.15) is 17.7 Å². The highest BCUT2D eigenvalue weighted by molar-refractivity contribution is 7.90. The third kappa shape index (κ3) is 3.17. The van der Waals surface area contributed by atoms with E-state index < -0.39 is 16.1 Å². The Labute approximate surface area is 151 Å². The molecule has 1 unspecified atom stereocenters. The van der Waals surface area contributed by atoms with E-state index in [2.05, 4.69) is 21.1 Å². The van der Waals surface area contributed by atoms with E-state index >= 15 is 0 Å². The number of urea groups is 1. The number of carbonyl (C=O) groups excluding carboxylic acids is 1. The van der Waals surface area contributed by atoms with E-state index in [1.54, 1.807) is 18.2 Å². The summed E-state index contributed by atoms with van der Waals surface area (Å²) in [6, 6.07) is 15.1. The number of aryl methyl sites for hydroxylation is 1. The van der Waals surface area contributed by atoms with Crippen molar-refractivity contribution in [2.24, 2.45) is 0 Å². The summed E-state index contributed by atoms with van der Waals surface area (Å²) in [7, 11) is -3.86. The van der Waals surface area contributed by atoms with Gasteiger partial charge in [-0.25, -0.2) is 17.9 Å². The van der Waals surface area contributed by atoms with Crippen molar-refractivity contribution in [2.45, 2.75) is 30.2 Å². The van der Waals surface area contributed by atoms with E-state index in [0.29, 0.717) is 6.42 Å². The van der Waals surface area contributed by atoms with Crippen molar-refractivity contribution >= 4 is 27.0 Å². The molecule has 1 aliphatic rings. The van der Waals surface area contributed by atoms with Crippen LogP contribution in [0.15, 0.2) is 59.5 Å². The van der Waals surface area contributed by atoms with Crippen LogP contribution in [0.3, 0.4) is 0 Å². The van der Waals surface area contributed by atoms with Crippen LogP contribution < -0.4 is 10.0 Å². The fourth-order valence-corrected chi connectivity index (χ4v) is 4.42. The molecule has 2 amide bonds. The van der Waals surface area contributed by atoms with Crippen molar-refractivity contribution in [1.29, 1.82) is 0 Å². The van der Waals surface area contributed by atoms with Crippen molar-refractivity contribution in [1.82, 2.24) is 15.0 Å². The average Bonchev–Trinajstić information content (AvgIpc) is 3.00. The van der Waals surface area contributed by atoms with Crippen molar-refractivity contribution in [3.8, 4) is 0 Å². The maximum Gasteiger partial charge on any atom is 0.328 e. The van der Waals surface area contributed by atoms with E-state index in [1.165, 1.54) is 23.4 Å². The van der Waals surface area contributed by atoms with Crippen LogP contribution in [0.4, 0.5) is 4.79 Å². The van der Waals surface area contributed by atoms with E-state index in [9.17, 15) is 13.2 Å². The van der Waals surface area contributed by atoms with Gasteiger partial charge in [0.25, 0.3) is 10.0 Å². The third-order valence-electron chi connectivity index (χ3n) is 4.71. The Balaban J connectivity index is 1.46. The highest BCUT2D eigenvalue weighted by Gasteiger charge is 2.25. The molecule has 0 spiro atoms. The van der Waals surface area contributed by atoms with E-state index in [4.69, 9.17) is 0 Å². The lowest BCUT2D eigenvalue weighted by molar-refractivity contribution is 0.240. The summed E-state index contributed by atoms with van der Waals surface area (Å²) in [5.74, 6) is 0. The first-order valence-electron chi connectivity index (χ1n) is 8.50. The monoisotopic (exact) mass is 369 g/mol. The van der Waals surface area contributed by atoms with Crippen LogP contribution in [0.25, 0.3) is 10.9 Å². The SMILES string of the molecule is O=C(NC1CCc2[nH]c3ccccc3c2C1)NS(=O)(=O)c1ccccc1. The topological polar surface area (TPSA) is 91.1 Å². The number of H-pyrrole nitrogens is 1. The van der Waals surface area contributed by atoms with E-state index in [-0.39, 0.29) is 10.9 Å². The molecule has 2 aromatic carbocycles. The molecule has 1 aliphatic carbocycles. The number of aromatic nitrogens is 1. The van der Waals surface area contributed by atoms with Gasteiger partial charge in [-0.2, -0.15) is 0 Å². The summed E-state index contributed by atoms with van der Waals surface area (Å²) >= 11 is 0. The first-order chi connectivity index (χ1) is 12.5. The van der Waals surface area contributed by atoms with Gasteiger partial charge >= 0.3 is 6.03 Å². The summed E-state index contributed by atoms with van der Waals surface area (Å²) in [6.45, 7) is 0. The first-order valence-corrected chi connectivity index (χ1v) is 9.98. The minimum absolute atomic E-state index is 0.0673. The number of hydrogen-bond acceptors (Lipinski definition) is 3. The number of nitrogens with one attached hydrogen (secondary N) is 3. The summed E-state index contributed by atoms with van der Waals surface area (Å²) in [5.41, 5.74) is 3.49. The molecule has 134 valence electrons. The lowest BCUT2D eigenvalue weighted by Gasteiger charge is -2.23. The number of carbonyl (C=O) groups is 1. The van der Waals surface area contributed by atoms with Crippen LogP contribution >= 0.6 is 0 Å². The summed E-state index contributed by atoms with van der Waals surface area (Å²) in [4.78, 5) is 15.7. The molecule has 0 saturated heterocycles. The number of fused-ring (bicyclic) bond motifs is 3. The van der Waals surface area contributed by atoms with Crippen molar-refractivity contribution < 1.29 is 13.2 Å². The van der Waals surface area contributed by atoms with Gasteiger partial charge in [0.05, 0.1) is 4.90 Å². The minimum atomic E-state index is -3.86. The molecule has 26 heavy (non-hydrogen) atoms. The minimum Gasteiger partial charge on any atom is -0.358 e. The molecule has 1 atom stereocenters. The average molecular weight is 369 g/mol. The van der Waals surface area contributed by atoms with E-state index in [0.717, 1.165) is 23.7 Å². The summed E-state index contributed by atoms with van der Waals surface area (Å²) in [6.07, 6.45) is 2.26. The van der Waals surface area contributed by atoms with Gasteiger partial charge in [0.2, 0.25) is 0 Å². The normalized spacial score (nSPS) is 16.8. The molecule has 0 aliphatic heterocycles. The van der Waals surface area contributed by atoms with Crippen LogP contribution in [0.5, 0.6) is 0 Å². The van der Waals surface area contributed by atoms with Gasteiger partial charge in [0, 0.05) is 22.6 Å². The molecular formula is C19H19N3O3S. The number of benzene rings is 2. The highest BCUT2D eigenvalue weighted by atomic mass is 32.2. The molecule has 0 radical (unpaired) electrons. The Morgan fingerprint density at radius 1 is 1.04 bits per heavy atom. The van der Waals surface area contributed by atoms with Gasteiger partial charge in [-0.05, 0) is 43.0 Å². The molecule has 0 saturated carbocycles. The number of para-hydroxylation sites is 1. The Hall–Kier alpha value is -2.80. The molecule has 6 nitrogen and oxygen atoms in total. The Morgan fingerprint density at radius 2 is 1.77 bits per heavy atom. The zero-order chi connectivity index (χ0) is 18.1. The molecule has 7 heteroatoms. The van der Waals surface area contributed by atoms with Gasteiger partial charge < -0.3 is 10.3 Å². The zero-order valence-electron chi connectivity index (χ0n) is 14.0. The Bertz CT molecular complexity index is 1060. The van der Waals surface area contributed by atoms with Crippen LogP contribution in [-0.2, 0) is 22.9 Å². The number of hydrogen-bond donors (Lipinski definition) is 3. The molecule has 4 rings (SSSR count). The largest absolute Gasteiger partial charge is 0.358 e. The molecule has 1 heterocycles. The molecule has 3 aromatic rings. The highest BCUT2D eigenvalue weighted by Crippen LogP contribution is 2.29. The van der Waals surface area contributed by atoms with Crippen LogP contribution in [0, 0.1) is 0 Å². The molecule has 1 aromatic heterocycles. The second kappa shape index (κ2) is 6.49. The molecule has 3 N–H and O–H groups in total. The molecular weight excluding hydrogens is 350 g/mol. The Kier molecular flexibility index (Phi) is 4.16. The first kappa shape index (κ1) is 16.7. The lowest BCUT2D eigenvalue weighted by Crippen LogP contribution is -2.46. The zero-order valence-corrected chi connectivity index (χ0v) is 14.8. The second-order valence-electron chi connectivity index (χ2n) is 6.46. The molecule has 0 fully saturated rings. The standard InChI is InChI=1S/C19H19N3O3S/c23-19(22-26(24,25)14-6-2-1-3-7-14)20-13-10-11-18-16(12-13)15-8-4-5-9-17(15)21-18/h1-9,13,21H,10-12H2,(H2,20,22,23). The van der Waals surface area contributed by atoms with Gasteiger partial charge in [0.15, 0.2) is 0 Å². The number of rotatable bonds is 3. The third-order valence-corrected chi connectivity index (χ3v) is 6.06. The summed E-state index contributed by atoms with van der Waals surface area (Å²) in [5, 5.41) is 3.96. The van der Waals surface area contributed by atoms with Crippen molar-refractivity contribution in [3.05, 3.63) is 65.9 Å². The predicted octanol–water partition coefficient (Wildman–Crippen LogP) is 2.71. The smallest absolute Gasteiger partial charge is 0.328 e. The van der Waals surface area contributed by atoms with E-state index in [1.807, 2.05) is 18.2 Å². The fourth-order valence-electron chi connectivity index (χ4n) is 3.49. The predicted molar refractivity (Wildman–Crippen MR) is 99.4 cm³/mol. The fraction of sp³-hybridized carbons (Fsp3) is 0.211. The number of amides is 2. The maximum atomic E-state index is 12.2. The quantitative estimate of drug-likeness (QED) is 0.663. The maximum absolute atomic E-state index is 12.2. The van der Waals surface area contributed by atoms with Gasteiger partial charge in [-0.1, -0.05) is 36.4 Å². The van der Waals surface area contributed by atoms with Gasteiger partial charge in [-0.3, -0.25) is 0 Å². The summed E-state index contributed by atoms with van der Waals surface area (Å²) < 4.78 is 26.6. The lowest BCUT2D eigenvalue weighted by atomic mass is 9.91. The number of aromatic amines is 1. The molecule has 0 bridgehead atoms. The Morgan fingerprint density at radius 3 is 2.58 bits per heavy atom. The van der Waals surface area contributed by atoms with Gasteiger partial charge in [-0.15, -0.1) is 0 Å².